The van der Waals surface area contributed by atoms with Gasteiger partial charge in [-0.25, -0.2) is 0 Å². The van der Waals surface area contributed by atoms with Gasteiger partial charge in [0.05, 0.1) is 0 Å². The largest absolute Gasteiger partial charge is 0.313 e. The van der Waals surface area contributed by atoms with Crippen LogP contribution in [0.2, 0.25) is 10.0 Å². The molecule has 84 valence electrons. The number of rotatable bonds is 6. The van der Waals surface area contributed by atoms with Crippen molar-refractivity contribution in [2.24, 2.45) is 0 Å². The summed E-state index contributed by atoms with van der Waals surface area (Å²) < 4.78 is 1.21. The molecule has 0 atom stereocenters. The van der Waals surface area contributed by atoms with E-state index in [4.69, 9.17) is 23.2 Å². The smallest absolute Gasteiger partial charge is 0.0465 e. The summed E-state index contributed by atoms with van der Waals surface area (Å²) in [4.78, 5) is 0. The molecule has 4 heteroatoms. The Balaban J connectivity index is 2.37. The van der Waals surface area contributed by atoms with E-state index in [-0.39, 0.29) is 0 Å². The monoisotopic (exact) mass is 357 g/mol. The first-order valence-electron chi connectivity index (χ1n) is 4.95. The van der Waals surface area contributed by atoms with Gasteiger partial charge in [-0.1, -0.05) is 51.9 Å². The highest BCUT2D eigenvalue weighted by Gasteiger charge is 2.03. The number of nitrogens with one attached hydrogen (secondary N) is 1. The van der Waals surface area contributed by atoms with Crippen LogP contribution in [0.15, 0.2) is 18.2 Å². The van der Waals surface area contributed by atoms with Gasteiger partial charge < -0.3 is 5.32 Å². The van der Waals surface area contributed by atoms with Crippen LogP contribution in [0.3, 0.4) is 0 Å². The van der Waals surface area contributed by atoms with Crippen molar-refractivity contribution in [2.75, 3.05) is 11.0 Å². The number of halogens is 3. The molecule has 0 aliphatic rings. The van der Waals surface area contributed by atoms with E-state index in [1.165, 1.54) is 17.3 Å². The normalized spacial score (nSPS) is 10.6. The Labute approximate surface area is 115 Å². The van der Waals surface area contributed by atoms with Crippen LogP contribution in [0, 0.1) is 0 Å². The van der Waals surface area contributed by atoms with E-state index in [1.807, 2.05) is 18.2 Å². The molecule has 0 saturated heterocycles. The Morgan fingerprint density at radius 1 is 1.13 bits per heavy atom. The molecular weight excluding hydrogens is 344 g/mol. The highest BCUT2D eigenvalue weighted by Crippen LogP contribution is 2.23. The van der Waals surface area contributed by atoms with Gasteiger partial charge in [0.15, 0.2) is 0 Å². The van der Waals surface area contributed by atoms with E-state index < -0.39 is 0 Å². The molecule has 0 unspecified atom stereocenters. The van der Waals surface area contributed by atoms with Gasteiger partial charge in [-0.3, -0.25) is 0 Å². The summed E-state index contributed by atoms with van der Waals surface area (Å²) in [5, 5.41) is 4.83. The fourth-order valence-electron chi connectivity index (χ4n) is 1.26. The fourth-order valence-corrected chi connectivity index (χ4v) is 2.33. The molecule has 0 aliphatic carbocycles. The first-order valence-corrected chi connectivity index (χ1v) is 7.23. The Hall–Kier alpha value is 0.490. The molecular formula is C11H14Cl2IN. The zero-order valence-electron chi connectivity index (χ0n) is 8.40. The van der Waals surface area contributed by atoms with Crippen LogP contribution in [0.5, 0.6) is 0 Å². The van der Waals surface area contributed by atoms with Gasteiger partial charge in [0.1, 0.15) is 0 Å². The minimum absolute atomic E-state index is 0.740. The summed E-state index contributed by atoms with van der Waals surface area (Å²) in [5.41, 5.74) is 0.996. The van der Waals surface area contributed by atoms with Gasteiger partial charge in [-0.15, -0.1) is 0 Å². The van der Waals surface area contributed by atoms with Crippen molar-refractivity contribution in [3.8, 4) is 0 Å². The number of unbranched alkanes of at least 4 members (excludes halogenated alkanes) is 1. The summed E-state index contributed by atoms with van der Waals surface area (Å²) in [6, 6.07) is 5.61. The van der Waals surface area contributed by atoms with E-state index in [2.05, 4.69) is 27.9 Å². The molecule has 0 radical (unpaired) electrons. The minimum Gasteiger partial charge on any atom is -0.313 e. The summed E-state index contributed by atoms with van der Waals surface area (Å²) in [5.74, 6) is 0. The molecule has 1 aromatic carbocycles. The zero-order chi connectivity index (χ0) is 11.1. The molecule has 1 rings (SSSR count). The van der Waals surface area contributed by atoms with Crippen molar-refractivity contribution >= 4 is 45.8 Å². The summed E-state index contributed by atoms with van der Waals surface area (Å²) in [6.45, 7) is 1.77. The third-order valence-corrected chi connectivity index (χ3v) is 3.57. The molecule has 15 heavy (non-hydrogen) atoms. The third-order valence-electron chi connectivity index (χ3n) is 2.10. The predicted molar refractivity (Wildman–Crippen MR) is 76.3 cm³/mol. The van der Waals surface area contributed by atoms with Crippen LogP contribution >= 0.6 is 45.8 Å². The quantitative estimate of drug-likeness (QED) is 0.454. The SMILES string of the molecule is Clc1cccc(Cl)c1CNCCCCI. The first-order chi connectivity index (χ1) is 7.25. The second-order valence-electron chi connectivity index (χ2n) is 3.27. The second kappa shape index (κ2) is 7.71. The second-order valence-corrected chi connectivity index (χ2v) is 5.17. The van der Waals surface area contributed by atoms with Crippen LogP contribution in [-0.4, -0.2) is 11.0 Å². The molecule has 0 heterocycles. The summed E-state index contributed by atoms with van der Waals surface area (Å²) in [7, 11) is 0. The first kappa shape index (κ1) is 13.6. The Morgan fingerprint density at radius 2 is 1.80 bits per heavy atom. The van der Waals surface area contributed by atoms with Gasteiger partial charge in [0.2, 0.25) is 0 Å². The predicted octanol–water partition coefficient (Wildman–Crippen LogP) is 4.30. The highest BCUT2D eigenvalue weighted by atomic mass is 127. The van der Waals surface area contributed by atoms with Crippen LogP contribution in [0.25, 0.3) is 0 Å². The van der Waals surface area contributed by atoms with Crippen LogP contribution in [0.4, 0.5) is 0 Å². The van der Waals surface area contributed by atoms with E-state index in [0.717, 1.165) is 28.7 Å². The topological polar surface area (TPSA) is 12.0 Å². The lowest BCUT2D eigenvalue weighted by molar-refractivity contribution is 0.646. The Bertz CT molecular complexity index is 284. The maximum absolute atomic E-state index is 6.04. The van der Waals surface area contributed by atoms with Gasteiger partial charge >= 0.3 is 0 Å². The lowest BCUT2D eigenvalue weighted by Crippen LogP contribution is -2.15. The van der Waals surface area contributed by atoms with Crippen molar-refractivity contribution in [1.29, 1.82) is 0 Å². The van der Waals surface area contributed by atoms with Crippen molar-refractivity contribution in [3.63, 3.8) is 0 Å². The maximum atomic E-state index is 6.04. The average molecular weight is 358 g/mol. The molecule has 1 aromatic rings. The minimum atomic E-state index is 0.740. The summed E-state index contributed by atoms with van der Waals surface area (Å²) in [6.07, 6.45) is 2.45. The van der Waals surface area contributed by atoms with Crippen LogP contribution in [0.1, 0.15) is 18.4 Å². The maximum Gasteiger partial charge on any atom is 0.0465 e. The number of hydrogen-bond donors (Lipinski definition) is 1. The fraction of sp³-hybridized carbons (Fsp3) is 0.455. The molecule has 0 saturated carbocycles. The third kappa shape index (κ3) is 4.89. The van der Waals surface area contributed by atoms with Crippen LogP contribution < -0.4 is 5.32 Å². The van der Waals surface area contributed by atoms with E-state index in [0.29, 0.717) is 0 Å². The van der Waals surface area contributed by atoms with E-state index >= 15 is 0 Å². The molecule has 0 aromatic heterocycles. The van der Waals surface area contributed by atoms with Crippen molar-refractivity contribution < 1.29 is 0 Å². The molecule has 1 N–H and O–H groups in total. The number of alkyl halides is 1. The van der Waals surface area contributed by atoms with Gasteiger partial charge in [-0.05, 0) is 35.9 Å². The van der Waals surface area contributed by atoms with E-state index in [1.54, 1.807) is 0 Å². The summed E-state index contributed by atoms with van der Waals surface area (Å²) >= 11 is 14.5. The molecule has 0 spiro atoms. The van der Waals surface area contributed by atoms with Crippen molar-refractivity contribution in [2.45, 2.75) is 19.4 Å². The van der Waals surface area contributed by atoms with Crippen molar-refractivity contribution in [3.05, 3.63) is 33.8 Å². The molecule has 0 aliphatic heterocycles. The molecule has 1 nitrogen and oxygen atoms in total. The van der Waals surface area contributed by atoms with Gasteiger partial charge in [0, 0.05) is 22.2 Å². The standard InChI is InChI=1S/C11H14Cl2IN/c12-10-4-3-5-11(13)9(10)8-15-7-2-1-6-14/h3-5,15H,1-2,6-8H2. The highest BCUT2D eigenvalue weighted by molar-refractivity contribution is 14.1. The molecule has 0 fully saturated rings. The lowest BCUT2D eigenvalue weighted by atomic mass is 10.2. The van der Waals surface area contributed by atoms with Crippen molar-refractivity contribution in [1.82, 2.24) is 5.32 Å². The zero-order valence-corrected chi connectivity index (χ0v) is 12.1. The van der Waals surface area contributed by atoms with E-state index in [9.17, 15) is 0 Å². The van der Waals surface area contributed by atoms with Crippen LogP contribution in [-0.2, 0) is 6.54 Å². The molecule has 0 bridgehead atoms. The van der Waals surface area contributed by atoms with Gasteiger partial charge in [0.25, 0.3) is 0 Å². The van der Waals surface area contributed by atoms with Gasteiger partial charge in [-0.2, -0.15) is 0 Å². The number of benzene rings is 1. The molecule has 0 amide bonds. The lowest BCUT2D eigenvalue weighted by Gasteiger charge is -2.08. The Morgan fingerprint density at radius 3 is 2.40 bits per heavy atom. The number of hydrogen-bond acceptors (Lipinski definition) is 1. The average Bonchev–Trinajstić information content (AvgIpc) is 2.21. The Kier molecular flexibility index (Phi) is 6.97.